The van der Waals surface area contributed by atoms with Crippen molar-refractivity contribution in [3.05, 3.63) is 57.5 Å². The summed E-state index contributed by atoms with van der Waals surface area (Å²) >= 11 is 0. The first-order chi connectivity index (χ1) is 12.4. The molecule has 1 aliphatic heterocycles. The number of benzene rings is 1. The second-order valence-corrected chi connectivity index (χ2v) is 6.48. The normalized spacial score (nSPS) is 17.4. The van der Waals surface area contributed by atoms with Crippen LogP contribution in [0.2, 0.25) is 0 Å². The summed E-state index contributed by atoms with van der Waals surface area (Å²) in [5, 5.41) is 12.7. The van der Waals surface area contributed by atoms with E-state index in [1.165, 1.54) is 23.7 Å². The van der Waals surface area contributed by atoms with Crippen LogP contribution in [0.5, 0.6) is 5.75 Å². The zero-order chi connectivity index (χ0) is 18.8. The Hall–Kier alpha value is -2.74. The summed E-state index contributed by atoms with van der Waals surface area (Å²) < 4.78 is 14.2. The molecule has 1 aromatic carbocycles. The van der Waals surface area contributed by atoms with Crippen LogP contribution in [0.25, 0.3) is 0 Å². The predicted octanol–water partition coefficient (Wildman–Crippen LogP) is 1.32. The number of nitrogens with one attached hydrogen (secondary N) is 1. The fourth-order valence-electron chi connectivity index (χ4n) is 3.17. The second-order valence-electron chi connectivity index (χ2n) is 6.48. The average molecular weight is 360 g/mol. The highest BCUT2D eigenvalue weighted by Crippen LogP contribution is 2.29. The van der Waals surface area contributed by atoms with Crippen LogP contribution >= 0.6 is 0 Å². The molecule has 26 heavy (non-hydrogen) atoms. The highest BCUT2D eigenvalue weighted by molar-refractivity contribution is 5.94. The van der Waals surface area contributed by atoms with E-state index < -0.39 is 17.2 Å². The summed E-state index contributed by atoms with van der Waals surface area (Å²) in [7, 11) is 3.47. The van der Waals surface area contributed by atoms with Gasteiger partial charge in [-0.3, -0.25) is 19.1 Å². The molecule has 0 aliphatic carbocycles. The molecule has 8 heteroatoms. The van der Waals surface area contributed by atoms with E-state index in [9.17, 15) is 19.1 Å². The number of halogens is 1. The molecule has 1 amide bonds. The first-order valence-electron chi connectivity index (χ1n) is 8.41. The van der Waals surface area contributed by atoms with Crippen molar-refractivity contribution in [3.63, 3.8) is 0 Å². The maximum absolute atomic E-state index is 12.9. The van der Waals surface area contributed by atoms with Crippen molar-refractivity contribution in [1.82, 2.24) is 19.8 Å². The molecule has 2 heterocycles. The maximum Gasteiger partial charge on any atom is 0.296 e. The van der Waals surface area contributed by atoms with Crippen LogP contribution in [0.4, 0.5) is 4.39 Å². The van der Waals surface area contributed by atoms with Crippen molar-refractivity contribution in [1.29, 1.82) is 0 Å². The number of likely N-dealkylation sites (tertiary alicyclic amines) is 1. The smallest absolute Gasteiger partial charge is 0.296 e. The Bertz CT molecular complexity index is 879. The molecule has 0 spiro atoms. The van der Waals surface area contributed by atoms with E-state index in [0.717, 1.165) is 19.4 Å². The van der Waals surface area contributed by atoms with Gasteiger partial charge < -0.3 is 10.4 Å². The monoisotopic (exact) mass is 360 g/mol. The summed E-state index contributed by atoms with van der Waals surface area (Å²) in [6.45, 7) is 1.02. The molecule has 1 aromatic heterocycles. The zero-order valence-electron chi connectivity index (χ0n) is 14.7. The Morgan fingerprint density at radius 1 is 1.35 bits per heavy atom. The second kappa shape index (κ2) is 7.25. The maximum atomic E-state index is 12.9. The van der Waals surface area contributed by atoms with Gasteiger partial charge in [-0.1, -0.05) is 12.1 Å². The van der Waals surface area contributed by atoms with Crippen molar-refractivity contribution >= 4 is 5.91 Å². The van der Waals surface area contributed by atoms with E-state index in [0.29, 0.717) is 11.4 Å². The van der Waals surface area contributed by atoms with Crippen molar-refractivity contribution < 1.29 is 14.3 Å². The number of carbonyl (C=O) groups excluding carboxylic acids is 1. The van der Waals surface area contributed by atoms with Gasteiger partial charge in [-0.15, -0.1) is 0 Å². The minimum Gasteiger partial charge on any atom is -0.501 e. The third-order valence-corrected chi connectivity index (χ3v) is 4.70. The quantitative estimate of drug-likeness (QED) is 0.859. The van der Waals surface area contributed by atoms with Crippen molar-refractivity contribution in [3.8, 4) is 5.75 Å². The van der Waals surface area contributed by atoms with Crippen LogP contribution in [0.1, 0.15) is 40.8 Å². The SMILES string of the molecule is CN1CCCC1c1nc(C(=O)NCc2ccc(F)cc2)c(O)c(=O)n1C. The number of rotatable bonds is 4. The van der Waals surface area contributed by atoms with Gasteiger partial charge in [0, 0.05) is 13.6 Å². The number of carbonyl (C=O) groups is 1. The van der Waals surface area contributed by atoms with E-state index >= 15 is 0 Å². The van der Waals surface area contributed by atoms with Gasteiger partial charge in [-0.05, 0) is 44.1 Å². The lowest BCUT2D eigenvalue weighted by Crippen LogP contribution is -2.33. The van der Waals surface area contributed by atoms with Crippen LogP contribution in [0.15, 0.2) is 29.1 Å². The molecule has 3 rings (SSSR count). The van der Waals surface area contributed by atoms with Crippen molar-refractivity contribution in [2.24, 2.45) is 7.05 Å². The number of aromatic nitrogens is 2. The highest BCUT2D eigenvalue weighted by atomic mass is 19.1. The molecular weight excluding hydrogens is 339 g/mol. The summed E-state index contributed by atoms with van der Waals surface area (Å²) in [5.74, 6) is -1.23. The molecule has 1 unspecified atom stereocenters. The summed E-state index contributed by atoms with van der Waals surface area (Å²) in [4.78, 5) is 31.1. The van der Waals surface area contributed by atoms with Gasteiger partial charge in [0.2, 0.25) is 5.75 Å². The lowest BCUT2D eigenvalue weighted by molar-refractivity contribution is 0.0941. The van der Waals surface area contributed by atoms with E-state index in [1.54, 1.807) is 12.1 Å². The minimum atomic E-state index is -0.673. The molecule has 2 aromatic rings. The molecule has 2 N–H and O–H groups in total. The summed E-state index contributed by atoms with van der Waals surface area (Å²) in [5.41, 5.74) is -0.244. The van der Waals surface area contributed by atoms with E-state index in [2.05, 4.69) is 15.2 Å². The molecule has 138 valence electrons. The lowest BCUT2D eigenvalue weighted by atomic mass is 10.2. The van der Waals surface area contributed by atoms with E-state index in [4.69, 9.17) is 0 Å². The third kappa shape index (κ3) is 3.45. The average Bonchev–Trinajstić information content (AvgIpc) is 3.05. The van der Waals surface area contributed by atoms with Crippen LogP contribution in [-0.4, -0.2) is 39.1 Å². The Morgan fingerprint density at radius 3 is 2.65 bits per heavy atom. The van der Waals surface area contributed by atoms with Gasteiger partial charge in [-0.2, -0.15) is 0 Å². The van der Waals surface area contributed by atoms with Gasteiger partial charge in [0.25, 0.3) is 11.5 Å². The summed E-state index contributed by atoms with van der Waals surface area (Å²) in [6, 6.07) is 5.61. The van der Waals surface area contributed by atoms with Gasteiger partial charge in [-0.25, -0.2) is 9.37 Å². The van der Waals surface area contributed by atoms with Gasteiger partial charge in [0.05, 0.1) is 6.04 Å². The van der Waals surface area contributed by atoms with E-state index in [1.807, 2.05) is 7.05 Å². The Labute approximate surface area is 150 Å². The van der Waals surface area contributed by atoms with Crippen molar-refractivity contribution in [2.45, 2.75) is 25.4 Å². The number of nitrogens with zero attached hydrogens (tertiary/aromatic N) is 3. The van der Waals surface area contributed by atoms with Crippen molar-refractivity contribution in [2.75, 3.05) is 13.6 Å². The molecule has 1 fully saturated rings. The van der Waals surface area contributed by atoms with E-state index in [-0.39, 0.29) is 24.1 Å². The van der Waals surface area contributed by atoms with Gasteiger partial charge in [0.15, 0.2) is 5.69 Å². The molecule has 0 saturated carbocycles. The number of amides is 1. The Kier molecular flexibility index (Phi) is 5.03. The zero-order valence-corrected chi connectivity index (χ0v) is 14.7. The van der Waals surface area contributed by atoms with Crippen LogP contribution in [0.3, 0.4) is 0 Å². The first-order valence-corrected chi connectivity index (χ1v) is 8.41. The predicted molar refractivity (Wildman–Crippen MR) is 93.3 cm³/mol. The number of hydrogen-bond donors (Lipinski definition) is 2. The molecule has 0 radical (unpaired) electrons. The minimum absolute atomic E-state index is 0.0723. The lowest BCUT2D eigenvalue weighted by Gasteiger charge is -2.21. The molecule has 0 bridgehead atoms. The van der Waals surface area contributed by atoms with Gasteiger partial charge in [0.1, 0.15) is 11.6 Å². The standard InChI is InChI=1S/C18H21FN4O3/c1-22-9-3-4-13(22)16-21-14(15(24)18(26)23(16)2)17(25)20-10-11-5-7-12(19)8-6-11/h5-8,13,24H,3-4,9-10H2,1-2H3,(H,20,25). The van der Waals surface area contributed by atoms with Crippen LogP contribution in [-0.2, 0) is 13.6 Å². The van der Waals surface area contributed by atoms with Crippen LogP contribution in [0, 0.1) is 5.82 Å². The largest absolute Gasteiger partial charge is 0.501 e. The molecule has 7 nitrogen and oxygen atoms in total. The Balaban J connectivity index is 1.86. The third-order valence-electron chi connectivity index (χ3n) is 4.70. The molecule has 1 aliphatic rings. The fraction of sp³-hybridized carbons (Fsp3) is 0.389. The van der Waals surface area contributed by atoms with Gasteiger partial charge >= 0.3 is 0 Å². The molecule has 1 atom stereocenters. The Morgan fingerprint density at radius 2 is 2.04 bits per heavy atom. The summed E-state index contributed by atoms with van der Waals surface area (Å²) in [6.07, 6.45) is 1.81. The topological polar surface area (TPSA) is 87.5 Å². The number of aromatic hydroxyl groups is 1. The first kappa shape index (κ1) is 18.1. The fourth-order valence-corrected chi connectivity index (χ4v) is 3.17. The van der Waals surface area contributed by atoms with Crippen LogP contribution < -0.4 is 10.9 Å². The molecule has 1 saturated heterocycles. The highest BCUT2D eigenvalue weighted by Gasteiger charge is 2.29. The molecular formula is C18H21FN4O3. The number of hydrogen-bond acceptors (Lipinski definition) is 5.